The van der Waals surface area contributed by atoms with E-state index in [4.69, 9.17) is 27.9 Å². The van der Waals surface area contributed by atoms with E-state index in [-0.39, 0.29) is 30.8 Å². The molecule has 15 heteroatoms. The average Bonchev–Trinajstić information content (AvgIpc) is 3.05. The summed E-state index contributed by atoms with van der Waals surface area (Å²) in [5.74, 6) is -2.93. The van der Waals surface area contributed by atoms with E-state index in [0.717, 1.165) is 0 Å². The number of rotatable bonds is 8. The van der Waals surface area contributed by atoms with Gasteiger partial charge in [0.1, 0.15) is 48.0 Å². The lowest BCUT2D eigenvalue weighted by molar-refractivity contribution is -0.419. The summed E-state index contributed by atoms with van der Waals surface area (Å²) in [5, 5.41) is 50.2. The van der Waals surface area contributed by atoms with E-state index in [0.29, 0.717) is 0 Å². The molecule has 6 N–H and O–H groups in total. The van der Waals surface area contributed by atoms with Crippen LogP contribution in [0.3, 0.4) is 0 Å². The Labute approximate surface area is 218 Å². The first-order valence-electron chi connectivity index (χ1n) is 12.0. The fourth-order valence-corrected chi connectivity index (χ4v) is 7.55. The van der Waals surface area contributed by atoms with Crippen molar-refractivity contribution in [3.8, 4) is 5.75 Å². The molecule has 210 valence electrons. The molecule has 4 heterocycles. The third-order valence-electron chi connectivity index (χ3n) is 8.85. The van der Waals surface area contributed by atoms with Crippen molar-refractivity contribution in [2.24, 2.45) is 11.3 Å². The summed E-state index contributed by atoms with van der Waals surface area (Å²) in [6, 6.07) is 5.41. The lowest BCUT2D eigenvalue weighted by atomic mass is 9.41. The molecule has 0 amide bonds. The fraction of sp³-hybridized carbons (Fsp3) is 0.696. The molecule has 8 rings (SSSR count). The van der Waals surface area contributed by atoms with Crippen molar-refractivity contribution in [2.45, 2.75) is 73.8 Å². The SMILES string of the molecule is CC12CC3(OS(=O)O)OC(O1)C1(COC(=O)c4ccc(O)cc4)C3CC21OC1OC(CO)C(O)C(O)C1O. The second-order valence-corrected chi connectivity index (χ2v) is 11.3. The van der Waals surface area contributed by atoms with Crippen LogP contribution in [0, 0.1) is 11.3 Å². The number of phenolic OH excluding ortho intramolecular Hbond substituents is 1. The van der Waals surface area contributed by atoms with E-state index in [1.807, 2.05) is 0 Å². The van der Waals surface area contributed by atoms with E-state index >= 15 is 0 Å². The van der Waals surface area contributed by atoms with Gasteiger partial charge in [-0.25, -0.2) is 8.98 Å². The minimum atomic E-state index is -2.69. The molecule has 1 aromatic rings. The molecule has 4 aliphatic heterocycles. The molecule has 0 spiro atoms. The number of carbonyl (C=O) groups excluding carboxylic acids is 1. The van der Waals surface area contributed by atoms with Gasteiger partial charge in [-0.2, -0.15) is 4.21 Å². The Balaban J connectivity index is 1.34. The Hall–Kier alpha value is -1.76. The molecule has 38 heavy (non-hydrogen) atoms. The van der Waals surface area contributed by atoms with Crippen molar-refractivity contribution in [3.05, 3.63) is 29.8 Å². The van der Waals surface area contributed by atoms with Crippen LogP contribution in [-0.2, 0) is 39.2 Å². The topological polar surface area (TPSA) is 211 Å². The zero-order chi connectivity index (χ0) is 27.3. The summed E-state index contributed by atoms with van der Waals surface area (Å²) in [6.45, 7) is 0.677. The normalized spacial score (nSPS) is 49.1. The Morgan fingerprint density at radius 2 is 1.84 bits per heavy atom. The molecule has 14 nitrogen and oxygen atoms in total. The largest absolute Gasteiger partial charge is 0.508 e. The number of aromatic hydroxyl groups is 1. The van der Waals surface area contributed by atoms with Gasteiger partial charge in [0.2, 0.25) is 0 Å². The number of aliphatic hydroxyl groups excluding tert-OH is 4. The summed E-state index contributed by atoms with van der Waals surface area (Å²) in [7, 11) is 0. The van der Waals surface area contributed by atoms with Crippen LogP contribution in [0.15, 0.2) is 24.3 Å². The summed E-state index contributed by atoms with van der Waals surface area (Å²) >= 11 is -2.69. The van der Waals surface area contributed by atoms with Gasteiger partial charge in [-0.05, 0) is 37.6 Å². The molecule has 4 saturated heterocycles. The summed E-state index contributed by atoms with van der Waals surface area (Å²) in [4.78, 5) is 12.9. The van der Waals surface area contributed by atoms with Crippen LogP contribution in [-0.4, -0.2) is 107 Å². The highest BCUT2D eigenvalue weighted by Crippen LogP contribution is 2.82. The predicted octanol–water partition coefficient (Wildman–Crippen LogP) is -1.49. The van der Waals surface area contributed by atoms with E-state index < -0.39 is 89.3 Å². The van der Waals surface area contributed by atoms with Crippen molar-refractivity contribution in [1.82, 2.24) is 0 Å². The Kier molecular flexibility index (Phi) is 6.00. The number of hydrogen-bond acceptors (Lipinski definition) is 13. The first-order chi connectivity index (χ1) is 17.9. The predicted molar refractivity (Wildman–Crippen MR) is 120 cm³/mol. The van der Waals surface area contributed by atoms with Crippen molar-refractivity contribution < 1.29 is 67.0 Å². The molecule has 3 aliphatic carbocycles. The van der Waals surface area contributed by atoms with Gasteiger partial charge >= 0.3 is 17.3 Å². The standard InChI is InChI=1S/C23H28O14S/c1-20-8-22(37-38(30)31)13-6-23(20,34-18-16(28)15(27)14(26)12(7-24)33-18)21(13,19(35-20)36-22)9-32-17(29)10-2-4-11(25)5-3-10/h2-5,12-16,18-19,24-28H,6-9H2,1H3,(H,30,31). The van der Waals surface area contributed by atoms with E-state index in [9.17, 15) is 39.1 Å². The highest BCUT2D eigenvalue weighted by Gasteiger charge is 2.95. The minimum Gasteiger partial charge on any atom is -0.508 e. The highest BCUT2D eigenvalue weighted by molar-refractivity contribution is 7.74. The lowest BCUT2D eigenvalue weighted by Gasteiger charge is -2.68. The second-order valence-electron chi connectivity index (χ2n) is 10.6. The molecule has 3 saturated carbocycles. The van der Waals surface area contributed by atoms with E-state index in [1.165, 1.54) is 24.3 Å². The first kappa shape index (κ1) is 26.5. The van der Waals surface area contributed by atoms with Crippen LogP contribution in [0.4, 0.5) is 0 Å². The van der Waals surface area contributed by atoms with Gasteiger partial charge in [-0.1, -0.05) is 0 Å². The van der Waals surface area contributed by atoms with E-state index in [1.54, 1.807) is 6.92 Å². The van der Waals surface area contributed by atoms with Crippen LogP contribution in [0.1, 0.15) is 30.1 Å². The molecule has 6 bridgehead atoms. The summed E-state index contributed by atoms with van der Waals surface area (Å²) in [6.07, 6.45) is -8.73. The van der Waals surface area contributed by atoms with Gasteiger partial charge in [0.05, 0.1) is 17.6 Å². The molecule has 7 aliphatic rings. The number of esters is 1. The Morgan fingerprint density at radius 3 is 2.50 bits per heavy atom. The number of carbonyl (C=O) groups is 1. The van der Waals surface area contributed by atoms with Gasteiger partial charge in [0.15, 0.2) is 18.4 Å². The van der Waals surface area contributed by atoms with Gasteiger partial charge in [0, 0.05) is 12.3 Å². The molecular formula is C23H28O14S. The van der Waals surface area contributed by atoms with Crippen LogP contribution in [0.5, 0.6) is 5.75 Å². The third-order valence-corrected chi connectivity index (χ3v) is 9.28. The third kappa shape index (κ3) is 3.29. The van der Waals surface area contributed by atoms with Gasteiger partial charge in [-0.3, -0.25) is 4.55 Å². The van der Waals surface area contributed by atoms with Crippen molar-refractivity contribution in [2.75, 3.05) is 13.2 Å². The molecular weight excluding hydrogens is 532 g/mol. The lowest BCUT2D eigenvalue weighted by Crippen LogP contribution is -2.81. The quantitative estimate of drug-likeness (QED) is 0.158. The zero-order valence-corrected chi connectivity index (χ0v) is 20.9. The number of phenols is 1. The van der Waals surface area contributed by atoms with Crippen LogP contribution in [0.2, 0.25) is 0 Å². The highest BCUT2D eigenvalue weighted by atomic mass is 32.2. The molecule has 12 unspecified atom stereocenters. The number of aliphatic hydroxyl groups is 4. The first-order valence-corrected chi connectivity index (χ1v) is 13.1. The Morgan fingerprint density at radius 1 is 1.13 bits per heavy atom. The number of benzene rings is 1. The summed E-state index contributed by atoms with van der Waals surface area (Å²) in [5.41, 5.74) is -3.71. The monoisotopic (exact) mass is 560 g/mol. The van der Waals surface area contributed by atoms with Gasteiger partial charge in [-0.15, -0.1) is 0 Å². The van der Waals surface area contributed by atoms with Crippen molar-refractivity contribution >= 4 is 17.3 Å². The maximum atomic E-state index is 12.9. The second kappa shape index (κ2) is 8.62. The van der Waals surface area contributed by atoms with Crippen molar-refractivity contribution in [1.29, 1.82) is 0 Å². The van der Waals surface area contributed by atoms with Crippen LogP contribution < -0.4 is 0 Å². The van der Waals surface area contributed by atoms with Crippen LogP contribution in [0.25, 0.3) is 0 Å². The van der Waals surface area contributed by atoms with Crippen molar-refractivity contribution in [3.63, 3.8) is 0 Å². The molecule has 12 atom stereocenters. The van der Waals surface area contributed by atoms with Gasteiger partial charge < -0.3 is 49.2 Å². The molecule has 0 aromatic heterocycles. The maximum absolute atomic E-state index is 12.9. The molecule has 0 radical (unpaired) electrons. The minimum absolute atomic E-state index is 0.0363. The Bertz CT molecular complexity index is 1150. The zero-order valence-electron chi connectivity index (χ0n) is 20.0. The number of hydrogen-bond donors (Lipinski definition) is 6. The van der Waals surface area contributed by atoms with Crippen LogP contribution >= 0.6 is 0 Å². The summed E-state index contributed by atoms with van der Waals surface area (Å²) < 4.78 is 56.4. The average molecular weight is 561 g/mol. The van der Waals surface area contributed by atoms with Gasteiger partial charge in [0.25, 0.3) is 0 Å². The molecule has 7 fully saturated rings. The van der Waals surface area contributed by atoms with E-state index in [2.05, 4.69) is 0 Å². The maximum Gasteiger partial charge on any atom is 0.338 e. The molecule has 1 aromatic carbocycles. The smallest absolute Gasteiger partial charge is 0.338 e. The number of ether oxygens (including phenoxy) is 5. The fourth-order valence-electron chi connectivity index (χ4n) is 7.09.